The Bertz CT molecular complexity index is 832. The van der Waals surface area contributed by atoms with Crippen LogP contribution in [0.25, 0.3) is 22.6 Å². The van der Waals surface area contributed by atoms with Crippen LogP contribution in [0.1, 0.15) is 10.4 Å². The van der Waals surface area contributed by atoms with Crippen molar-refractivity contribution >= 4 is 17.0 Å². The molecule has 0 aliphatic heterocycles. The summed E-state index contributed by atoms with van der Waals surface area (Å²) < 4.78 is 5.68. The Hall–Kier alpha value is -3.13. The van der Waals surface area contributed by atoms with Gasteiger partial charge in [-0.1, -0.05) is 5.92 Å². The lowest BCUT2D eigenvalue weighted by molar-refractivity contribution is 0.0958. The van der Waals surface area contributed by atoms with E-state index in [9.17, 15) is 4.79 Å². The summed E-state index contributed by atoms with van der Waals surface area (Å²) >= 11 is 0. The van der Waals surface area contributed by atoms with E-state index in [0.29, 0.717) is 22.6 Å². The van der Waals surface area contributed by atoms with E-state index in [2.05, 4.69) is 21.2 Å². The highest BCUT2D eigenvalue weighted by Gasteiger charge is 2.11. The number of pyridine rings is 1. The maximum atomic E-state index is 11.8. The lowest BCUT2D eigenvalue weighted by Crippen LogP contribution is -2.23. The predicted octanol–water partition coefficient (Wildman–Crippen LogP) is 2.25. The normalized spacial score (nSPS) is 10.2. The van der Waals surface area contributed by atoms with E-state index in [0.717, 1.165) is 5.56 Å². The van der Waals surface area contributed by atoms with Gasteiger partial charge in [0.25, 0.3) is 5.91 Å². The van der Waals surface area contributed by atoms with Gasteiger partial charge in [0.05, 0.1) is 12.1 Å². The molecule has 0 saturated carbocycles. The van der Waals surface area contributed by atoms with Crippen LogP contribution in [0.5, 0.6) is 0 Å². The summed E-state index contributed by atoms with van der Waals surface area (Å²) in [6.45, 7) is 0.189. The summed E-state index contributed by atoms with van der Waals surface area (Å²) in [7, 11) is 0. The fourth-order valence-electron chi connectivity index (χ4n) is 1.91. The Morgan fingerprint density at radius 3 is 3.05 bits per heavy atom. The van der Waals surface area contributed by atoms with E-state index in [1.165, 1.54) is 0 Å². The fraction of sp³-hybridized carbons (Fsp3) is 0.0625. The van der Waals surface area contributed by atoms with Crippen LogP contribution in [0, 0.1) is 12.3 Å². The van der Waals surface area contributed by atoms with Crippen LogP contribution in [0.15, 0.2) is 47.1 Å². The molecule has 102 valence electrons. The summed E-state index contributed by atoms with van der Waals surface area (Å²) in [4.78, 5) is 20.2. The lowest BCUT2D eigenvalue weighted by Gasteiger charge is -2.00. The van der Waals surface area contributed by atoms with E-state index >= 15 is 0 Å². The molecule has 3 rings (SSSR count). The van der Waals surface area contributed by atoms with Crippen molar-refractivity contribution in [3.63, 3.8) is 0 Å². The molecule has 1 aromatic carbocycles. The second-order valence-corrected chi connectivity index (χ2v) is 4.33. The average molecular weight is 277 g/mol. The number of carbonyl (C=O) groups is 1. The molecular weight excluding hydrogens is 266 g/mol. The van der Waals surface area contributed by atoms with Gasteiger partial charge in [0.1, 0.15) is 5.52 Å². The van der Waals surface area contributed by atoms with E-state index in [4.69, 9.17) is 10.8 Å². The Balaban J connectivity index is 1.96. The molecule has 3 aromatic rings. The van der Waals surface area contributed by atoms with Crippen molar-refractivity contribution in [1.29, 1.82) is 0 Å². The molecule has 5 heteroatoms. The maximum Gasteiger partial charge on any atom is 0.252 e. The number of hydrogen-bond donors (Lipinski definition) is 1. The van der Waals surface area contributed by atoms with Gasteiger partial charge in [-0.3, -0.25) is 9.78 Å². The van der Waals surface area contributed by atoms with Gasteiger partial charge in [0.2, 0.25) is 5.89 Å². The number of hydrogen-bond acceptors (Lipinski definition) is 4. The second-order valence-electron chi connectivity index (χ2n) is 4.33. The monoisotopic (exact) mass is 277 g/mol. The first-order valence-electron chi connectivity index (χ1n) is 6.30. The van der Waals surface area contributed by atoms with Gasteiger partial charge < -0.3 is 9.73 Å². The highest BCUT2D eigenvalue weighted by atomic mass is 16.3. The van der Waals surface area contributed by atoms with Crippen LogP contribution >= 0.6 is 0 Å². The van der Waals surface area contributed by atoms with Gasteiger partial charge in [-0.25, -0.2) is 4.98 Å². The molecule has 0 atom stereocenters. The van der Waals surface area contributed by atoms with Crippen LogP contribution in [0.4, 0.5) is 0 Å². The quantitative estimate of drug-likeness (QED) is 0.746. The number of nitrogens with one attached hydrogen (secondary N) is 1. The zero-order valence-electron chi connectivity index (χ0n) is 11.0. The molecule has 0 spiro atoms. The molecule has 0 bridgehead atoms. The van der Waals surface area contributed by atoms with E-state index in [1.807, 2.05) is 12.1 Å². The standard InChI is InChI=1S/C16H11N3O2/c1-2-7-18-15(20)11-5-6-13-14(9-11)21-16(19-13)12-4-3-8-17-10-12/h1,3-6,8-10H,7H2,(H,18,20). The third-order valence-corrected chi connectivity index (χ3v) is 2.91. The predicted molar refractivity (Wildman–Crippen MR) is 78.4 cm³/mol. The molecule has 2 heterocycles. The van der Waals surface area contributed by atoms with Crippen LogP contribution in [-0.4, -0.2) is 22.4 Å². The first kappa shape index (κ1) is 12.9. The Kier molecular flexibility index (Phi) is 3.36. The van der Waals surface area contributed by atoms with Crippen molar-refractivity contribution in [3.8, 4) is 23.8 Å². The first-order chi connectivity index (χ1) is 10.3. The maximum absolute atomic E-state index is 11.8. The molecule has 5 nitrogen and oxygen atoms in total. The zero-order chi connectivity index (χ0) is 14.7. The first-order valence-corrected chi connectivity index (χ1v) is 6.30. The zero-order valence-corrected chi connectivity index (χ0v) is 11.0. The second kappa shape index (κ2) is 5.47. The molecule has 1 N–H and O–H groups in total. The summed E-state index contributed by atoms with van der Waals surface area (Å²) in [5.41, 5.74) is 2.49. The number of oxazole rings is 1. The third-order valence-electron chi connectivity index (χ3n) is 2.91. The largest absolute Gasteiger partial charge is 0.436 e. The van der Waals surface area contributed by atoms with Crippen LogP contribution in [-0.2, 0) is 0 Å². The highest BCUT2D eigenvalue weighted by Crippen LogP contribution is 2.24. The van der Waals surface area contributed by atoms with Gasteiger partial charge in [0, 0.05) is 18.0 Å². The number of benzene rings is 1. The Labute approximate surface area is 121 Å². The third kappa shape index (κ3) is 2.60. The molecule has 0 aliphatic rings. The topological polar surface area (TPSA) is 68.0 Å². The van der Waals surface area contributed by atoms with Crippen molar-refractivity contribution < 1.29 is 9.21 Å². The van der Waals surface area contributed by atoms with E-state index in [-0.39, 0.29) is 12.5 Å². The smallest absolute Gasteiger partial charge is 0.252 e. The summed E-state index contributed by atoms with van der Waals surface area (Å²) in [6, 6.07) is 8.74. The molecule has 1 amide bonds. The van der Waals surface area contributed by atoms with Crippen molar-refractivity contribution in [2.45, 2.75) is 0 Å². The van der Waals surface area contributed by atoms with Gasteiger partial charge in [-0.2, -0.15) is 0 Å². The minimum absolute atomic E-state index is 0.189. The van der Waals surface area contributed by atoms with Crippen LogP contribution < -0.4 is 5.32 Å². The van der Waals surface area contributed by atoms with Gasteiger partial charge in [0.15, 0.2) is 5.58 Å². The van der Waals surface area contributed by atoms with Crippen molar-refractivity contribution in [3.05, 3.63) is 48.3 Å². The van der Waals surface area contributed by atoms with Crippen molar-refractivity contribution in [2.75, 3.05) is 6.54 Å². The fourth-order valence-corrected chi connectivity index (χ4v) is 1.91. The molecule has 0 unspecified atom stereocenters. The molecule has 2 aromatic heterocycles. The summed E-state index contributed by atoms with van der Waals surface area (Å²) in [5.74, 6) is 2.59. The Morgan fingerprint density at radius 1 is 1.38 bits per heavy atom. The SMILES string of the molecule is C#CCNC(=O)c1ccc2nc(-c3cccnc3)oc2c1. The summed E-state index contributed by atoms with van der Waals surface area (Å²) in [6.07, 6.45) is 8.47. The molecule has 0 aliphatic carbocycles. The molecule has 0 saturated heterocycles. The van der Waals surface area contributed by atoms with Crippen LogP contribution in [0.3, 0.4) is 0 Å². The molecule has 0 fully saturated rings. The van der Waals surface area contributed by atoms with Gasteiger partial charge >= 0.3 is 0 Å². The van der Waals surface area contributed by atoms with E-state index < -0.39 is 0 Å². The van der Waals surface area contributed by atoms with E-state index in [1.54, 1.807) is 30.6 Å². The lowest BCUT2D eigenvalue weighted by atomic mass is 10.2. The number of rotatable bonds is 3. The van der Waals surface area contributed by atoms with Crippen molar-refractivity contribution in [1.82, 2.24) is 15.3 Å². The van der Waals surface area contributed by atoms with Gasteiger partial charge in [-0.05, 0) is 30.3 Å². The number of amides is 1. The molecular formula is C16H11N3O2. The number of aromatic nitrogens is 2. The molecule has 0 radical (unpaired) electrons. The Morgan fingerprint density at radius 2 is 2.29 bits per heavy atom. The number of fused-ring (bicyclic) bond motifs is 1. The minimum Gasteiger partial charge on any atom is -0.436 e. The number of nitrogens with zero attached hydrogens (tertiary/aromatic N) is 2. The highest BCUT2D eigenvalue weighted by molar-refractivity contribution is 5.97. The number of carbonyl (C=O) groups excluding carboxylic acids is 1. The van der Waals surface area contributed by atoms with Crippen molar-refractivity contribution in [2.24, 2.45) is 0 Å². The minimum atomic E-state index is -0.242. The van der Waals surface area contributed by atoms with Crippen LogP contribution in [0.2, 0.25) is 0 Å². The molecule has 21 heavy (non-hydrogen) atoms. The summed E-state index contributed by atoms with van der Waals surface area (Å²) in [5, 5.41) is 2.60. The average Bonchev–Trinajstić information content (AvgIpc) is 2.96. The number of terminal acetylenes is 1. The van der Waals surface area contributed by atoms with Gasteiger partial charge in [-0.15, -0.1) is 6.42 Å².